The van der Waals surface area contributed by atoms with E-state index in [9.17, 15) is 0 Å². The molecule has 0 aliphatic carbocycles. The van der Waals surface area contributed by atoms with Crippen molar-refractivity contribution in [3.8, 4) is 0 Å². The van der Waals surface area contributed by atoms with Crippen molar-refractivity contribution in [2.45, 2.75) is 20.4 Å². The van der Waals surface area contributed by atoms with Gasteiger partial charge in [-0.2, -0.15) is 0 Å². The van der Waals surface area contributed by atoms with E-state index in [2.05, 4.69) is 11.0 Å². The number of furan rings is 1. The van der Waals surface area contributed by atoms with Crippen molar-refractivity contribution < 1.29 is 4.42 Å². The molecule has 0 saturated heterocycles. The molecule has 19 heavy (non-hydrogen) atoms. The van der Waals surface area contributed by atoms with E-state index in [-0.39, 0.29) is 0 Å². The summed E-state index contributed by atoms with van der Waals surface area (Å²) >= 11 is 5.02. The third-order valence-corrected chi connectivity index (χ3v) is 3.33. The highest BCUT2D eigenvalue weighted by Crippen LogP contribution is 2.20. The van der Waals surface area contributed by atoms with E-state index in [1.54, 1.807) is 0 Å². The van der Waals surface area contributed by atoms with Crippen molar-refractivity contribution in [2.75, 3.05) is 11.9 Å². The molecule has 0 bridgehead atoms. The average Bonchev–Trinajstić information content (AvgIpc) is 2.74. The maximum absolute atomic E-state index is 5.67. The first kappa shape index (κ1) is 13.6. The van der Waals surface area contributed by atoms with Crippen molar-refractivity contribution in [1.82, 2.24) is 0 Å². The van der Waals surface area contributed by atoms with Gasteiger partial charge in [-0.25, -0.2) is 0 Å². The van der Waals surface area contributed by atoms with Gasteiger partial charge >= 0.3 is 0 Å². The highest BCUT2D eigenvalue weighted by molar-refractivity contribution is 7.80. The molecular weight excluding hydrogens is 256 g/mol. The second kappa shape index (κ2) is 5.45. The first-order chi connectivity index (χ1) is 8.97. The van der Waals surface area contributed by atoms with E-state index in [0.29, 0.717) is 4.99 Å². The maximum Gasteiger partial charge on any atom is 0.123 e. The Labute approximate surface area is 119 Å². The Hall–Kier alpha value is -1.81. The minimum absolute atomic E-state index is 0.438. The number of thiocarbonyl (C=S) groups is 1. The van der Waals surface area contributed by atoms with Crippen LogP contribution >= 0.6 is 12.2 Å². The van der Waals surface area contributed by atoms with Crippen LogP contribution in [0.5, 0.6) is 0 Å². The van der Waals surface area contributed by atoms with Crippen LogP contribution in [0.3, 0.4) is 0 Å². The van der Waals surface area contributed by atoms with E-state index in [1.807, 2.05) is 45.2 Å². The molecular formula is C15H18N2OS. The minimum Gasteiger partial charge on any atom is -0.464 e. The molecule has 2 N–H and O–H groups in total. The van der Waals surface area contributed by atoms with Gasteiger partial charge in [-0.05, 0) is 49.7 Å². The number of aryl methyl sites for hydroxylation is 2. The Balaban J connectivity index is 2.17. The quantitative estimate of drug-likeness (QED) is 0.870. The van der Waals surface area contributed by atoms with Crippen molar-refractivity contribution in [3.05, 3.63) is 53.0 Å². The summed E-state index contributed by atoms with van der Waals surface area (Å²) in [6.45, 7) is 4.70. The molecule has 2 aromatic rings. The second-order valence-corrected chi connectivity index (χ2v) is 5.17. The van der Waals surface area contributed by atoms with Crippen LogP contribution < -0.4 is 10.6 Å². The lowest BCUT2D eigenvalue weighted by atomic mass is 10.1. The van der Waals surface area contributed by atoms with Crippen LogP contribution in [0.25, 0.3) is 0 Å². The predicted molar refractivity (Wildman–Crippen MR) is 82.6 cm³/mol. The lowest BCUT2D eigenvalue weighted by Crippen LogP contribution is -2.17. The van der Waals surface area contributed by atoms with Gasteiger partial charge in [0.15, 0.2) is 0 Å². The molecule has 1 aromatic carbocycles. The van der Waals surface area contributed by atoms with Gasteiger partial charge in [0.05, 0.1) is 6.54 Å². The Kier molecular flexibility index (Phi) is 3.90. The van der Waals surface area contributed by atoms with Crippen LogP contribution in [-0.2, 0) is 6.54 Å². The number of hydrogen-bond donors (Lipinski definition) is 1. The van der Waals surface area contributed by atoms with Gasteiger partial charge in [0.25, 0.3) is 0 Å². The second-order valence-electron chi connectivity index (χ2n) is 4.73. The van der Waals surface area contributed by atoms with Crippen molar-refractivity contribution in [1.29, 1.82) is 0 Å². The van der Waals surface area contributed by atoms with Gasteiger partial charge in [-0.3, -0.25) is 0 Å². The molecule has 0 amide bonds. The standard InChI is InChI=1S/C15H18N2OS/c1-10-8-12(5-7-14(10)15(16)19)17(3)9-13-6-4-11(2)18-13/h4-8H,9H2,1-3H3,(H2,16,19). The number of hydrogen-bond acceptors (Lipinski definition) is 3. The zero-order valence-electron chi connectivity index (χ0n) is 11.4. The summed E-state index contributed by atoms with van der Waals surface area (Å²) < 4.78 is 5.59. The highest BCUT2D eigenvalue weighted by Gasteiger charge is 2.08. The smallest absolute Gasteiger partial charge is 0.123 e. The Morgan fingerprint density at radius 2 is 2.00 bits per heavy atom. The van der Waals surface area contributed by atoms with E-state index >= 15 is 0 Å². The first-order valence-corrected chi connectivity index (χ1v) is 6.55. The SMILES string of the molecule is Cc1ccc(CN(C)c2ccc(C(N)=S)c(C)c2)o1. The van der Waals surface area contributed by atoms with Crippen LogP contribution in [-0.4, -0.2) is 12.0 Å². The third kappa shape index (κ3) is 3.15. The zero-order chi connectivity index (χ0) is 14.0. The summed E-state index contributed by atoms with van der Waals surface area (Å²) in [6.07, 6.45) is 0. The predicted octanol–water partition coefficient (Wildman–Crippen LogP) is 3.17. The average molecular weight is 274 g/mol. The molecule has 0 atom stereocenters. The summed E-state index contributed by atoms with van der Waals surface area (Å²) in [7, 11) is 2.03. The Bertz CT molecular complexity index is 604. The number of nitrogens with two attached hydrogens (primary N) is 1. The summed E-state index contributed by atoms with van der Waals surface area (Å²) in [5.74, 6) is 1.89. The van der Waals surface area contributed by atoms with Crippen molar-refractivity contribution in [2.24, 2.45) is 5.73 Å². The maximum atomic E-state index is 5.67. The third-order valence-electron chi connectivity index (χ3n) is 3.11. The van der Waals surface area contributed by atoms with Gasteiger partial charge in [0, 0.05) is 18.3 Å². The van der Waals surface area contributed by atoms with Gasteiger partial charge in [-0.1, -0.05) is 12.2 Å². The zero-order valence-corrected chi connectivity index (χ0v) is 12.3. The van der Waals surface area contributed by atoms with Crippen LogP contribution in [0.4, 0.5) is 5.69 Å². The topological polar surface area (TPSA) is 42.4 Å². The molecule has 0 aliphatic rings. The molecule has 3 nitrogen and oxygen atoms in total. The summed E-state index contributed by atoms with van der Waals surface area (Å²) in [5, 5.41) is 0. The van der Waals surface area contributed by atoms with Crippen LogP contribution in [0, 0.1) is 13.8 Å². The van der Waals surface area contributed by atoms with Gasteiger partial charge in [0.2, 0.25) is 0 Å². The number of benzene rings is 1. The van der Waals surface area contributed by atoms with Crippen LogP contribution in [0.2, 0.25) is 0 Å². The fraction of sp³-hybridized carbons (Fsp3) is 0.267. The fourth-order valence-electron chi connectivity index (χ4n) is 2.06. The Morgan fingerprint density at radius 1 is 1.26 bits per heavy atom. The largest absolute Gasteiger partial charge is 0.464 e. The molecule has 100 valence electrons. The molecule has 2 rings (SSSR count). The van der Waals surface area contributed by atoms with E-state index < -0.39 is 0 Å². The summed E-state index contributed by atoms with van der Waals surface area (Å²) in [5.41, 5.74) is 8.81. The van der Waals surface area contributed by atoms with Crippen LogP contribution in [0.15, 0.2) is 34.7 Å². The van der Waals surface area contributed by atoms with Crippen molar-refractivity contribution >= 4 is 22.9 Å². The first-order valence-electron chi connectivity index (χ1n) is 6.14. The molecule has 0 aliphatic heterocycles. The molecule has 1 aromatic heterocycles. The van der Waals surface area contributed by atoms with E-state index in [4.69, 9.17) is 22.4 Å². The van der Waals surface area contributed by atoms with Gasteiger partial charge < -0.3 is 15.1 Å². The lowest BCUT2D eigenvalue weighted by Gasteiger charge is -2.19. The molecule has 0 radical (unpaired) electrons. The molecule has 0 spiro atoms. The summed E-state index contributed by atoms with van der Waals surface area (Å²) in [6, 6.07) is 10.1. The van der Waals surface area contributed by atoms with Gasteiger partial charge in [0.1, 0.15) is 16.5 Å². The number of nitrogens with zero attached hydrogens (tertiary/aromatic N) is 1. The molecule has 0 saturated carbocycles. The highest BCUT2D eigenvalue weighted by atomic mass is 32.1. The van der Waals surface area contributed by atoms with E-state index in [0.717, 1.165) is 34.9 Å². The molecule has 0 fully saturated rings. The van der Waals surface area contributed by atoms with Gasteiger partial charge in [-0.15, -0.1) is 0 Å². The number of rotatable bonds is 4. The minimum atomic E-state index is 0.438. The summed E-state index contributed by atoms with van der Waals surface area (Å²) in [4.78, 5) is 2.57. The molecule has 4 heteroatoms. The van der Waals surface area contributed by atoms with Crippen molar-refractivity contribution in [3.63, 3.8) is 0 Å². The Morgan fingerprint density at radius 3 is 2.53 bits per heavy atom. The molecule has 0 unspecified atom stereocenters. The monoisotopic (exact) mass is 274 g/mol. The lowest BCUT2D eigenvalue weighted by molar-refractivity contribution is 0.482. The number of anilines is 1. The van der Waals surface area contributed by atoms with E-state index in [1.165, 1.54) is 0 Å². The normalized spacial score (nSPS) is 10.5. The van der Waals surface area contributed by atoms with Crippen LogP contribution in [0.1, 0.15) is 22.6 Å². The fourth-order valence-corrected chi connectivity index (χ4v) is 2.29. The molecule has 1 heterocycles.